The molecule has 0 atom stereocenters. The molecule has 0 aliphatic heterocycles. The molecule has 5 nitrogen and oxygen atoms in total. The molecule has 1 aromatic heterocycles. The summed E-state index contributed by atoms with van der Waals surface area (Å²) in [5, 5.41) is 6.36. The Morgan fingerprint density at radius 2 is 2.10 bits per heavy atom. The summed E-state index contributed by atoms with van der Waals surface area (Å²) >= 11 is 0. The minimum atomic E-state index is -0.0607. The van der Waals surface area contributed by atoms with Gasteiger partial charge in [-0.05, 0) is 33.0 Å². The molecule has 1 saturated carbocycles. The number of aromatic nitrogens is 1. The van der Waals surface area contributed by atoms with E-state index in [0.29, 0.717) is 18.2 Å². The first-order chi connectivity index (χ1) is 9.65. The van der Waals surface area contributed by atoms with E-state index in [1.807, 2.05) is 25.1 Å². The average Bonchev–Trinajstić information content (AvgIpc) is 2.91. The number of amides is 1. The Kier molecular flexibility index (Phi) is 5.35. The average molecular weight is 276 g/mol. The Bertz CT molecular complexity index is 441. The van der Waals surface area contributed by atoms with Gasteiger partial charge in [0.2, 0.25) is 0 Å². The molecule has 2 N–H and O–H groups in total. The Labute approximate surface area is 120 Å². The van der Waals surface area contributed by atoms with E-state index in [0.717, 1.165) is 12.2 Å². The van der Waals surface area contributed by atoms with Gasteiger partial charge in [0, 0.05) is 31.5 Å². The number of nitrogens with one attached hydrogen (secondary N) is 2. The summed E-state index contributed by atoms with van der Waals surface area (Å²) in [6.45, 7) is 1.48. The lowest BCUT2D eigenvalue weighted by Crippen LogP contribution is -2.31. The highest BCUT2D eigenvalue weighted by Crippen LogP contribution is 2.22. The van der Waals surface area contributed by atoms with E-state index in [1.54, 1.807) is 12.4 Å². The monoisotopic (exact) mass is 276 g/mol. The first-order valence-corrected chi connectivity index (χ1v) is 7.29. The van der Waals surface area contributed by atoms with Gasteiger partial charge < -0.3 is 15.5 Å². The van der Waals surface area contributed by atoms with E-state index in [4.69, 9.17) is 0 Å². The summed E-state index contributed by atoms with van der Waals surface area (Å²) in [6, 6.07) is 2.42. The quantitative estimate of drug-likeness (QED) is 0.831. The van der Waals surface area contributed by atoms with Gasteiger partial charge in [-0.1, -0.05) is 12.8 Å². The van der Waals surface area contributed by atoms with Crippen LogP contribution in [0.1, 0.15) is 36.0 Å². The number of rotatable bonds is 6. The number of nitrogens with zero attached hydrogens (tertiary/aromatic N) is 2. The molecule has 5 heteroatoms. The fraction of sp³-hybridized carbons (Fsp3) is 0.600. The zero-order valence-corrected chi connectivity index (χ0v) is 12.4. The number of anilines is 1. The third-order valence-corrected chi connectivity index (χ3v) is 3.57. The van der Waals surface area contributed by atoms with Gasteiger partial charge in [-0.15, -0.1) is 0 Å². The molecule has 2 rings (SSSR count). The van der Waals surface area contributed by atoms with Crippen molar-refractivity contribution in [2.75, 3.05) is 32.5 Å². The second-order valence-corrected chi connectivity index (χ2v) is 5.65. The van der Waals surface area contributed by atoms with Crippen LogP contribution in [-0.2, 0) is 0 Å². The molecule has 20 heavy (non-hydrogen) atoms. The predicted octanol–water partition coefficient (Wildman–Crippen LogP) is 1.73. The van der Waals surface area contributed by atoms with Crippen LogP contribution in [-0.4, -0.2) is 49.0 Å². The molecule has 0 saturated heterocycles. The Morgan fingerprint density at radius 3 is 2.80 bits per heavy atom. The van der Waals surface area contributed by atoms with Crippen molar-refractivity contribution in [3.8, 4) is 0 Å². The molecule has 1 aliphatic rings. The lowest BCUT2D eigenvalue weighted by atomic mass is 10.2. The number of hydrogen-bond donors (Lipinski definition) is 2. The minimum Gasteiger partial charge on any atom is -0.381 e. The highest BCUT2D eigenvalue weighted by molar-refractivity contribution is 5.94. The third-order valence-electron chi connectivity index (χ3n) is 3.57. The van der Waals surface area contributed by atoms with Crippen molar-refractivity contribution in [2.45, 2.75) is 31.7 Å². The largest absolute Gasteiger partial charge is 0.381 e. The van der Waals surface area contributed by atoms with Gasteiger partial charge in [0.1, 0.15) is 0 Å². The summed E-state index contributed by atoms with van der Waals surface area (Å²) in [5.41, 5.74) is 1.56. The molecule has 1 heterocycles. The van der Waals surface area contributed by atoms with Crippen molar-refractivity contribution in [3.05, 3.63) is 24.0 Å². The lowest BCUT2D eigenvalue weighted by molar-refractivity contribution is 0.0950. The minimum absolute atomic E-state index is 0.0607. The van der Waals surface area contributed by atoms with E-state index in [1.165, 1.54) is 25.7 Å². The van der Waals surface area contributed by atoms with Gasteiger partial charge in [0.25, 0.3) is 5.91 Å². The van der Waals surface area contributed by atoms with E-state index in [-0.39, 0.29) is 5.91 Å². The maximum atomic E-state index is 12.0. The lowest BCUT2D eigenvalue weighted by Gasteiger charge is -2.14. The van der Waals surface area contributed by atoms with Crippen molar-refractivity contribution in [2.24, 2.45) is 0 Å². The molecule has 1 aromatic rings. The zero-order chi connectivity index (χ0) is 14.4. The van der Waals surface area contributed by atoms with Crippen LogP contribution in [0.25, 0.3) is 0 Å². The summed E-state index contributed by atoms with van der Waals surface area (Å²) in [4.78, 5) is 18.2. The van der Waals surface area contributed by atoms with Gasteiger partial charge in [0.15, 0.2) is 0 Å². The standard InChI is InChI=1S/C15H24N4O/c1-19(2)8-7-17-15(20)12-9-14(11-16-10-12)18-13-5-3-4-6-13/h9-11,13,18H,3-8H2,1-2H3,(H,17,20). The third kappa shape index (κ3) is 4.49. The zero-order valence-electron chi connectivity index (χ0n) is 12.4. The van der Waals surface area contributed by atoms with Gasteiger partial charge in [-0.25, -0.2) is 0 Å². The SMILES string of the molecule is CN(C)CCNC(=O)c1cncc(NC2CCCC2)c1. The van der Waals surface area contributed by atoms with Crippen LogP contribution in [0.2, 0.25) is 0 Å². The number of hydrogen-bond acceptors (Lipinski definition) is 4. The number of likely N-dealkylation sites (N-methyl/N-ethyl adjacent to an activating group) is 1. The molecule has 1 fully saturated rings. The molecule has 0 spiro atoms. The number of pyridine rings is 1. The normalized spacial score (nSPS) is 15.6. The first-order valence-electron chi connectivity index (χ1n) is 7.29. The van der Waals surface area contributed by atoms with Crippen LogP contribution < -0.4 is 10.6 Å². The van der Waals surface area contributed by atoms with Gasteiger partial charge in [-0.2, -0.15) is 0 Å². The van der Waals surface area contributed by atoms with Crippen LogP contribution in [0.5, 0.6) is 0 Å². The maximum Gasteiger partial charge on any atom is 0.252 e. The van der Waals surface area contributed by atoms with Crippen LogP contribution >= 0.6 is 0 Å². The molecular weight excluding hydrogens is 252 g/mol. The first kappa shape index (κ1) is 14.8. The highest BCUT2D eigenvalue weighted by Gasteiger charge is 2.15. The molecule has 0 bridgehead atoms. The fourth-order valence-corrected chi connectivity index (χ4v) is 2.44. The topological polar surface area (TPSA) is 57.3 Å². The van der Waals surface area contributed by atoms with Crippen molar-refractivity contribution in [1.29, 1.82) is 0 Å². The van der Waals surface area contributed by atoms with Crippen LogP contribution in [0.4, 0.5) is 5.69 Å². The van der Waals surface area contributed by atoms with Crippen molar-refractivity contribution in [1.82, 2.24) is 15.2 Å². The summed E-state index contributed by atoms with van der Waals surface area (Å²) in [6.07, 6.45) is 8.39. The van der Waals surface area contributed by atoms with E-state index < -0.39 is 0 Å². The van der Waals surface area contributed by atoms with Crippen LogP contribution in [0, 0.1) is 0 Å². The number of carbonyl (C=O) groups excluding carboxylic acids is 1. The molecule has 0 aromatic carbocycles. The smallest absolute Gasteiger partial charge is 0.252 e. The van der Waals surface area contributed by atoms with Crippen molar-refractivity contribution in [3.63, 3.8) is 0 Å². The Morgan fingerprint density at radius 1 is 1.35 bits per heavy atom. The van der Waals surface area contributed by atoms with Gasteiger partial charge in [0.05, 0.1) is 11.3 Å². The Hall–Kier alpha value is -1.62. The Balaban J connectivity index is 1.89. The van der Waals surface area contributed by atoms with E-state index >= 15 is 0 Å². The second kappa shape index (κ2) is 7.24. The van der Waals surface area contributed by atoms with Gasteiger partial charge in [-0.3, -0.25) is 9.78 Å². The fourth-order valence-electron chi connectivity index (χ4n) is 2.44. The molecule has 0 radical (unpaired) electrons. The van der Waals surface area contributed by atoms with Crippen LogP contribution in [0.15, 0.2) is 18.5 Å². The summed E-state index contributed by atoms with van der Waals surface area (Å²) < 4.78 is 0. The summed E-state index contributed by atoms with van der Waals surface area (Å²) in [7, 11) is 3.97. The second-order valence-electron chi connectivity index (χ2n) is 5.65. The van der Waals surface area contributed by atoms with E-state index in [9.17, 15) is 4.79 Å². The molecular formula is C15H24N4O. The molecule has 110 valence electrons. The number of carbonyl (C=O) groups is 1. The van der Waals surface area contributed by atoms with Crippen molar-refractivity contribution < 1.29 is 4.79 Å². The molecule has 1 aliphatic carbocycles. The van der Waals surface area contributed by atoms with Gasteiger partial charge >= 0.3 is 0 Å². The highest BCUT2D eigenvalue weighted by atomic mass is 16.1. The molecule has 0 unspecified atom stereocenters. The van der Waals surface area contributed by atoms with Crippen molar-refractivity contribution >= 4 is 11.6 Å². The molecule has 1 amide bonds. The van der Waals surface area contributed by atoms with Crippen LogP contribution in [0.3, 0.4) is 0 Å². The summed E-state index contributed by atoms with van der Waals surface area (Å²) in [5.74, 6) is -0.0607. The van der Waals surface area contributed by atoms with E-state index in [2.05, 4.69) is 15.6 Å². The maximum absolute atomic E-state index is 12.0. The predicted molar refractivity (Wildman–Crippen MR) is 81.0 cm³/mol.